The van der Waals surface area contributed by atoms with Crippen LogP contribution in [0.25, 0.3) is 0 Å². The zero-order valence-corrected chi connectivity index (χ0v) is 12.5. The quantitative estimate of drug-likeness (QED) is 0.816. The van der Waals surface area contributed by atoms with Gasteiger partial charge < -0.3 is 9.73 Å². The lowest BCUT2D eigenvalue weighted by molar-refractivity contribution is 0.145. The lowest BCUT2D eigenvalue weighted by atomic mass is 9.94. The summed E-state index contributed by atoms with van der Waals surface area (Å²) in [6.45, 7) is 8.39. The van der Waals surface area contributed by atoms with Gasteiger partial charge in [0, 0.05) is 18.2 Å². The number of furan rings is 1. The van der Waals surface area contributed by atoms with Gasteiger partial charge in [0.2, 0.25) is 0 Å². The van der Waals surface area contributed by atoms with Gasteiger partial charge in [-0.3, -0.25) is 4.90 Å². The Morgan fingerprint density at radius 3 is 2.74 bits per heavy atom. The molecule has 0 atom stereocenters. The van der Waals surface area contributed by atoms with Crippen LogP contribution in [0.15, 0.2) is 16.7 Å². The topological polar surface area (TPSA) is 28.4 Å². The SMILES string of the molecule is CCNCc1coc(CN(CC)C2CCCCC2)c1. The van der Waals surface area contributed by atoms with Crippen molar-refractivity contribution in [3.63, 3.8) is 0 Å². The average Bonchev–Trinajstić information content (AvgIpc) is 2.91. The molecule has 0 radical (unpaired) electrons. The van der Waals surface area contributed by atoms with Crippen molar-refractivity contribution in [2.24, 2.45) is 0 Å². The first-order chi connectivity index (χ1) is 9.33. The summed E-state index contributed by atoms with van der Waals surface area (Å²) in [5, 5.41) is 3.33. The zero-order chi connectivity index (χ0) is 13.5. The third-order valence-corrected chi connectivity index (χ3v) is 4.14. The standard InChI is InChI=1S/C16H28N2O/c1-3-17-11-14-10-16(19-13-14)12-18(4-2)15-8-6-5-7-9-15/h10,13,15,17H,3-9,11-12H2,1-2H3. The minimum Gasteiger partial charge on any atom is -0.468 e. The minimum absolute atomic E-state index is 0.765. The summed E-state index contributed by atoms with van der Waals surface area (Å²) in [7, 11) is 0. The molecular weight excluding hydrogens is 236 g/mol. The van der Waals surface area contributed by atoms with E-state index in [2.05, 4.69) is 30.1 Å². The van der Waals surface area contributed by atoms with Gasteiger partial charge in [-0.15, -0.1) is 0 Å². The monoisotopic (exact) mass is 264 g/mol. The molecule has 1 saturated carbocycles. The summed E-state index contributed by atoms with van der Waals surface area (Å²) in [5.41, 5.74) is 1.26. The lowest BCUT2D eigenvalue weighted by Crippen LogP contribution is -2.35. The Labute approximate surface area is 117 Å². The van der Waals surface area contributed by atoms with Crippen molar-refractivity contribution >= 4 is 0 Å². The summed E-state index contributed by atoms with van der Waals surface area (Å²) in [5.74, 6) is 1.11. The van der Waals surface area contributed by atoms with Gasteiger partial charge >= 0.3 is 0 Å². The second kappa shape index (κ2) is 7.71. The van der Waals surface area contributed by atoms with Crippen molar-refractivity contribution in [3.8, 4) is 0 Å². The van der Waals surface area contributed by atoms with E-state index in [0.29, 0.717) is 0 Å². The molecule has 0 unspecified atom stereocenters. The summed E-state index contributed by atoms with van der Waals surface area (Å²) in [6.07, 6.45) is 8.82. The molecule has 1 aromatic heterocycles. The number of nitrogens with one attached hydrogen (secondary N) is 1. The van der Waals surface area contributed by atoms with Crippen LogP contribution in [0.2, 0.25) is 0 Å². The molecular formula is C16H28N2O. The van der Waals surface area contributed by atoms with Crippen molar-refractivity contribution in [1.82, 2.24) is 10.2 Å². The van der Waals surface area contributed by atoms with Crippen molar-refractivity contribution in [2.45, 2.75) is 65.1 Å². The predicted molar refractivity (Wildman–Crippen MR) is 79.0 cm³/mol. The predicted octanol–water partition coefficient (Wildman–Crippen LogP) is 3.54. The maximum absolute atomic E-state index is 5.70. The van der Waals surface area contributed by atoms with Crippen molar-refractivity contribution in [2.75, 3.05) is 13.1 Å². The number of nitrogens with zero attached hydrogens (tertiary/aromatic N) is 1. The van der Waals surface area contributed by atoms with Crippen molar-refractivity contribution in [3.05, 3.63) is 23.7 Å². The van der Waals surface area contributed by atoms with E-state index < -0.39 is 0 Å². The van der Waals surface area contributed by atoms with Gasteiger partial charge in [0.1, 0.15) is 5.76 Å². The first-order valence-corrected chi connectivity index (χ1v) is 7.84. The minimum atomic E-state index is 0.765. The fourth-order valence-corrected chi connectivity index (χ4v) is 3.02. The number of hydrogen-bond donors (Lipinski definition) is 1. The fraction of sp³-hybridized carbons (Fsp3) is 0.750. The molecule has 0 spiro atoms. The highest BCUT2D eigenvalue weighted by molar-refractivity contribution is 5.12. The van der Waals surface area contributed by atoms with Crippen molar-refractivity contribution < 1.29 is 4.42 Å². The van der Waals surface area contributed by atoms with Crippen LogP contribution in [0, 0.1) is 0 Å². The molecule has 1 aliphatic rings. The first-order valence-electron chi connectivity index (χ1n) is 7.84. The molecule has 2 rings (SSSR count). The highest BCUT2D eigenvalue weighted by atomic mass is 16.3. The molecule has 1 aliphatic carbocycles. The molecule has 0 aromatic carbocycles. The molecule has 19 heavy (non-hydrogen) atoms. The zero-order valence-electron chi connectivity index (χ0n) is 12.5. The number of rotatable bonds is 7. The second-order valence-corrected chi connectivity index (χ2v) is 5.56. The Bertz CT molecular complexity index is 355. The van der Waals surface area contributed by atoms with E-state index in [9.17, 15) is 0 Å². The van der Waals surface area contributed by atoms with Crippen LogP contribution in [-0.2, 0) is 13.1 Å². The molecule has 3 nitrogen and oxygen atoms in total. The lowest BCUT2D eigenvalue weighted by Gasteiger charge is -2.32. The molecule has 1 heterocycles. The summed E-state index contributed by atoms with van der Waals surface area (Å²) < 4.78 is 5.70. The van der Waals surface area contributed by atoms with E-state index in [-0.39, 0.29) is 0 Å². The van der Waals surface area contributed by atoms with E-state index in [4.69, 9.17) is 4.42 Å². The summed E-state index contributed by atoms with van der Waals surface area (Å²) in [6, 6.07) is 2.97. The largest absolute Gasteiger partial charge is 0.468 e. The molecule has 0 aliphatic heterocycles. The highest BCUT2D eigenvalue weighted by Gasteiger charge is 2.20. The third kappa shape index (κ3) is 4.36. The van der Waals surface area contributed by atoms with E-state index in [1.165, 1.54) is 37.7 Å². The van der Waals surface area contributed by atoms with Crippen molar-refractivity contribution in [1.29, 1.82) is 0 Å². The van der Waals surface area contributed by atoms with Gasteiger partial charge in [-0.05, 0) is 32.0 Å². The van der Waals surface area contributed by atoms with E-state index in [0.717, 1.165) is 38.0 Å². The van der Waals surface area contributed by atoms with Crippen LogP contribution < -0.4 is 5.32 Å². The molecule has 0 amide bonds. The van der Waals surface area contributed by atoms with Gasteiger partial charge in [-0.25, -0.2) is 0 Å². The summed E-state index contributed by atoms with van der Waals surface area (Å²) in [4.78, 5) is 2.58. The Kier molecular flexibility index (Phi) is 5.93. The van der Waals surface area contributed by atoms with Gasteiger partial charge in [-0.1, -0.05) is 33.1 Å². The second-order valence-electron chi connectivity index (χ2n) is 5.56. The van der Waals surface area contributed by atoms with Crippen LogP contribution in [0.5, 0.6) is 0 Å². The van der Waals surface area contributed by atoms with E-state index in [1.54, 1.807) is 0 Å². The Morgan fingerprint density at radius 2 is 2.05 bits per heavy atom. The summed E-state index contributed by atoms with van der Waals surface area (Å²) >= 11 is 0. The maximum atomic E-state index is 5.70. The van der Waals surface area contributed by atoms with E-state index >= 15 is 0 Å². The van der Waals surface area contributed by atoms with E-state index in [1.807, 2.05) is 6.26 Å². The number of hydrogen-bond acceptors (Lipinski definition) is 3. The smallest absolute Gasteiger partial charge is 0.118 e. The van der Waals surface area contributed by atoms with Crippen LogP contribution in [0.3, 0.4) is 0 Å². The molecule has 3 heteroatoms. The van der Waals surface area contributed by atoms with Gasteiger partial charge in [0.25, 0.3) is 0 Å². The fourth-order valence-electron chi connectivity index (χ4n) is 3.02. The van der Waals surface area contributed by atoms with Crippen LogP contribution in [0.1, 0.15) is 57.3 Å². The maximum Gasteiger partial charge on any atom is 0.118 e. The van der Waals surface area contributed by atoms with Crippen LogP contribution >= 0.6 is 0 Å². The molecule has 1 N–H and O–H groups in total. The Morgan fingerprint density at radius 1 is 1.26 bits per heavy atom. The van der Waals surface area contributed by atoms with Gasteiger partial charge in [-0.2, -0.15) is 0 Å². The first kappa shape index (κ1) is 14.6. The molecule has 0 saturated heterocycles. The molecule has 0 bridgehead atoms. The molecule has 1 aromatic rings. The highest BCUT2D eigenvalue weighted by Crippen LogP contribution is 2.24. The molecule has 108 valence electrons. The van der Waals surface area contributed by atoms with Gasteiger partial charge in [0.05, 0.1) is 12.8 Å². The normalized spacial score (nSPS) is 17.2. The van der Waals surface area contributed by atoms with Crippen LogP contribution in [-0.4, -0.2) is 24.0 Å². The van der Waals surface area contributed by atoms with Gasteiger partial charge in [0.15, 0.2) is 0 Å². The van der Waals surface area contributed by atoms with Crippen LogP contribution in [0.4, 0.5) is 0 Å². The Balaban J connectivity index is 1.88. The average molecular weight is 264 g/mol. The third-order valence-electron chi connectivity index (χ3n) is 4.14. The molecule has 1 fully saturated rings. The Hall–Kier alpha value is -0.800.